The zero-order chi connectivity index (χ0) is 19.5. The lowest BCUT2D eigenvalue weighted by Crippen LogP contribution is -2.50. The van der Waals surface area contributed by atoms with Crippen molar-refractivity contribution in [3.8, 4) is 0 Å². The lowest BCUT2D eigenvalue weighted by molar-refractivity contribution is -0.141. The Morgan fingerprint density at radius 1 is 0.893 bits per heavy atom. The average Bonchev–Trinajstić information content (AvgIpc) is 3.36. The average molecular weight is 376 g/mol. The van der Waals surface area contributed by atoms with Gasteiger partial charge >= 0.3 is 0 Å². The number of nitrogens with zero attached hydrogens (tertiary/aromatic N) is 2. The fraction of sp³-hybridized carbons (Fsp3) is 0.348. The largest absolute Gasteiger partial charge is 0.330 e. The van der Waals surface area contributed by atoms with Crippen LogP contribution in [0.4, 0.5) is 0 Å². The summed E-state index contributed by atoms with van der Waals surface area (Å²) in [6, 6.07) is 18.0. The molecular formula is C23H24N2O3. The third-order valence-electron chi connectivity index (χ3n) is 5.71. The fourth-order valence-electron chi connectivity index (χ4n) is 4.26. The van der Waals surface area contributed by atoms with Gasteiger partial charge in [-0.25, -0.2) is 0 Å². The highest BCUT2D eigenvalue weighted by Gasteiger charge is 2.43. The van der Waals surface area contributed by atoms with E-state index in [1.807, 2.05) is 48.5 Å². The Morgan fingerprint density at radius 3 is 2.29 bits per heavy atom. The molecular weight excluding hydrogens is 352 g/mol. The monoisotopic (exact) mass is 376 g/mol. The number of Topliss-reactive ketones (excluding diaryl/α,β-unsaturated/α-hetero) is 1. The molecule has 2 aromatic carbocycles. The van der Waals surface area contributed by atoms with E-state index in [-0.39, 0.29) is 17.6 Å². The number of hydrogen-bond donors (Lipinski definition) is 0. The van der Waals surface area contributed by atoms with Gasteiger partial charge in [-0.05, 0) is 24.8 Å². The van der Waals surface area contributed by atoms with Gasteiger partial charge in [0.25, 0.3) is 0 Å². The van der Waals surface area contributed by atoms with E-state index in [4.69, 9.17) is 0 Å². The number of amides is 2. The van der Waals surface area contributed by atoms with Crippen molar-refractivity contribution >= 4 is 17.6 Å². The first kappa shape index (κ1) is 18.4. The Labute approximate surface area is 164 Å². The van der Waals surface area contributed by atoms with E-state index >= 15 is 0 Å². The molecule has 0 spiro atoms. The van der Waals surface area contributed by atoms with Crippen LogP contribution < -0.4 is 0 Å². The third-order valence-corrected chi connectivity index (χ3v) is 5.71. The standard InChI is InChI=1S/C23H24N2O3/c26-21-14-13-20(25(21)16-17-8-3-1-4-9-17)23(28)24-15-7-12-19(24)22(27)18-10-5-2-6-11-18/h1-6,8-11,19-20H,7,12-16H2. The first-order chi connectivity index (χ1) is 13.6. The highest BCUT2D eigenvalue weighted by molar-refractivity contribution is 6.03. The van der Waals surface area contributed by atoms with E-state index in [1.165, 1.54) is 0 Å². The van der Waals surface area contributed by atoms with Crippen LogP contribution in [0.3, 0.4) is 0 Å². The number of rotatable bonds is 5. The minimum atomic E-state index is -0.475. The molecule has 2 aliphatic heterocycles. The van der Waals surface area contributed by atoms with Gasteiger partial charge in [0.1, 0.15) is 6.04 Å². The molecule has 5 nitrogen and oxygen atoms in total. The van der Waals surface area contributed by atoms with Crippen LogP contribution in [0, 0.1) is 0 Å². The van der Waals surface area contributed by atoms with Crippen LogP contribution in [0.1, 0.15) is 41.6 Å². The van der Waals surface area contributed by atoms with Gasteiger partial charge in [-0.1, -0.05) is 60.7 Å². The zero-order valence-corrected chi connectivity index (χ0v) is 15.8. The predicted octanol–water partition coefficient (Wildman–Crippen LogP) is 3.05. The topological polar surface area (TPSA) is 57.7 Å². The number of hydrogen-bond acceptors (Lipinski definition) is 3. The molecule has 2 unspecified atom stereocenters. The molecule has 4 rings (SSSR count). The van der Waals surface area contributed by atoms with Crippen molar-refractivity contribution in [1.82, 2.24) is 9.80 Å². The molecule has 2 saturated heterocycles. The molecule has 0 N–H and O–H groups in total. The Bertz CT molecular complexity index is 860. The fourth-order valence-corrected chi connectivity index (χ4v) is 4.26. The molecule has 144 valence electrons. The molecule has 5 heteroatoms. The van der Waals surface area contributed by atoms with Gasteiger partial charge in [-0.3, -0.25) is 14.4 Å². The van der Waals surface area contributed by atoms with Crippen LogP contribution >= 0.6 is 0 Å². The normalized spacial score (nSPS) is 21.9. The number of carbonyl (C=O) groups excluding carboxylic acids is 3. The molecule has 0 aromatic heterocycles. The maximum atomic E-state index is 13.3. The molecule has 2 aromatic rings. The summed E-state index contributed by atoms with van der Waals surface area (Å²) in [6.07, 6.45) is 2.40. The van der Waals surface area contributed by atoms with Crippen LogP contribution in [-0.4, -0.2) is 46.0 Å². The molecule has 28 heavy (non-hydrogen) atoms. The van der Waals surface area contributed by atoms with Crippen molar-refractivity contribution in [3.63, 3.8) is 0 Å². The quantitative estimate of drug-likeness (QED) is 0.754. The Hall–Kier alpha value is -2.95. The SMILES string of the molecule is O=C(c1ccccc1)C1CCCN1C(=O)C1CCC(=O)N1Cc1ccccc1. The summed E-state index contributed by atoms with van der Waals surface area (Å²) in [6.45, 7) is 1.01. The summed E-state index contributed by atoms with van der Waals surface area (Å²) in [5.41, 5.74) is 1.64. The Morgan fingerprint density at radius 2 is 1.57 bits per heavy atom. The van der Waals surface area contributed by atoms with Gasteiger partial charge in [-0.15, -0.1) is 0 Å². The number of carbonyl (C=O) groups is 3. The van der Waals surface area contributed by atoms with Gasteiger partial charge in [0.05, 0.1) is 6.04 Å². The first-order valence-electron chi connectivity index (χ1n) is 9.88. The van der Waals surface area contributed by atoms with Gasteiger partial charge < -0.3 is 9.80 Å². The minimum Gasteiger partial charge on any atom is -0.330 e. The summed E-state index contributed by atoms with van der Waals surface area (Å²) >= 11 is 0. The van der Waals surface area contributed by atoms with Crippen LogP contribution in [0.15, 0.2) is 60.7 Å². The van der Waals surface area contributed by atoms with E-state index in [1.54, 1.807) is 21.9 Å². The first-order valence-corrected chi connectivity index (χ1v) is 9.88. The van der Waals surface area contributed by atoms with Gasteiger partial charge in [0.15, 0.2) is 5.78 Å². The van der Waals surface area contributed by atoms with Gasteiger partial charge in [0.2, 0.25) is 11.8 Å². The van der Waals surface area contributed by atoms with Crippen molar-refractivity contribution in [2.75, 3.05) is 6.54 Å². The second-order valence-corrected chi connectivity index (χ2v) is 7.48. The maximum absolute atomic E-state index is 13.3. The van der Waals surface area contributed by atoms with Crippen molar-refractivity contribution in [3.05, 3.63) is 71.8 Å². The summed E-state index contributed by atoms with van der Waals surface area (Å²) in [4.78, 5) is 42.1. The highest BCUT2D eigenvalue weighted by atomic mass is 16.2. The van der Waals surface area contributed by atoms with E-state index in [0.29, 0.717) is 37.9 Å². The van der Waals surface area contributed by atoms with Gasteiger partial charge in [0, 0.05) is 25.1 Å². The summed E-state index contributed by atoms with van der Waals surface area (Å²) in [5.74, 6) is -0.0914. The molecule has 0 radical (unpaired) electrons. The van der Waals surface area contributed by atoms with E-state index in [2.05, 4.69) is 0 Å². The molecule has 2 aliphatic rings. The van der Waals surface area contributed by atoms with Crippen LogP contribution in [-0.2, 0) is 16.1 Å². The van der Waals surface area contributed by atoms with E-state index in [9.17, 15) is 14.4 Å². The lowest BCUT2D eigenvalue weighted by atomic mass is 10.0. The smallest absolute Gasteiger partial charge is 0.246 e. The maximum Gasteiger partial charge on any atom is 0.246 e. The minimum absolute atomic E-state index is 0.00679. The number of likely N-dealkylation sites (tertiary alicyclic amines) is 2. The van der Waals surface area contributed by atoms with Crippen molar-refractivity contribution < 1.29 is 14.4 Å². The van der Waals surface area contributed by atoms with Crippen molar-refractivity contribution in [2.24, 2.45) is 0 Å². The molecule has 0 bridgehead atoms. The molecule has 0 saturated carbocycles. The zero-order valence-electron chi connectivity index (χ0n) is 15.8. The van der Waals surface area contributed by atoms with Crippen molar-refractivity contribution in [2.45, 2.75) is 44.3 Å². The summed E-state index contributed by atoms with van der Waals surface area (Å²) in [5, 5.41) is 0. The number of ketones is 1. The summed E-state index contributed by atoms with van der Waals surface area (Å²) in [7, 11) is 0. The second kappa shape index (κ2) is 7.97. The van der Waals surface area contributed by atoms with E-state index < -0.39 is 12.1 Å². The second-order valence-electron chi connectivity index (χ2n) is 7.48. The van der Waals surface area contributed by atoms with Gasteiger partial charge in [-0.2, -0.15) is 0 Å². The molecule has 0 aliphatic carbocycles. The Balaban J connectivity index is 1.52. The lowest BCUT2D eigenvalue weighted by Gasteiger charge is -2.31. The van der Waals surface area contributed by atoms with Crippen LogP contribution in [0.5, 0.6) is 0 Å². The van der Waals surface area contributed by atoms with Crippen LogP contribution in [0.25, 0.3) is 0 Å². The molecule has 2 fully saturated rings. The number of benzene rings is 2. The molecule has 2 amide bonds. The molecule has 2 atom stereocenters. The van der Waals surface area contributed by atoms with Crippen LogP contribution in [0.2, 0.25) is 0 Å². The third kappa shape index (κ3) is 3.57. The predicted molar refractivity (Wildman–Crippen MR) is 106 cm³/mol. The van der Waals surface area contributed by atoms with Crippen molar-refractivity contribution in [1.29, 1.82) is 0 Å². The molecule has 2 heterocycles. The Kier molecular flexibility index (Phi) is 5.24. The van der Waals surface area contributed by atoms with E-state index in [0.717, 1.165) is 12.0 Å². The summed E-state index contributed by atoms with van der Waals surface area (Å²) < 4.78 is 0. The highest BCUT2D eigenvalue weighted by Crippen LogP contribution is 2.28.